The standard InChI is InChI=1S/C77H48N6/c78-49-50-37-39-51(40-38-50)54-41-42-75-67(45-54)64-31-11-16-36-74(64)83(75)76-65(55-23-17-25-58(43-55)81-70-32-12-7-27-60(70)61-28-8-13-33-71(61)81)46-57(69-48-68(52-19-3-1-4-20-52)79-77(80-69)53-21-5-2-6-22-53)47-66(76)56-24-18-26-59(44-56)82-72-34-14-9-29-62(72)63-30-10-15-35-73(63)82/h1-48H. The molecule has 4 heterocycles. The first-order valence-corrected chi connectivity index (χ1v) is 28.0. The van der Waals surface area contributed by atoms with Crippen molar-refractivity contribution in [2.45, 2.75) is 0 Å². The molecule has 386 valence electrons. The van der Waals surface area contributed by atoms with Crippen LogP contribution in [-0.2, 0) is 0 Å². The summed E-state index contributed by atoms with van der Waals surface area (Å²) in [6.07, 6.45) is 0. The third-order valence-corrected chi connectivity index (χ3v) is 16.5. The molecule has 16 rings (SSSR count). The number of benzene rings is 12. The van der Waals surface area contributed by atoms with Crippen LogP contribution in [0.5, 0.6) is 0 Å². The van der Waals surface area contributed by atoms with Gasteiger partial charge in [-0.15, -0.1) is 0 Å². The van der Waals surface area contributed by atoms with Crippen LogP contribution in [0.1, 0.15) is 5.56 Å². The number of aromatic nitrogens is 5. The van der Waals surface area contributed by atoms with Crippen molar-refractivity contribution in [3.8, 4) is 90.4 Å². The van der Waals surface area contributed by atoms with Crippen molar-refractivity contribution in [3.05, 3.63) is 297 Å². The summed E-state index contributed by atoms with van der Waals surface area (Å²) >= 11 is 0. The van der Waals surface area contributed by atoms with E-state index < -0.39 is 0 Å². The van der Waals surface area contributed by atoms with Crippen LogP contribution in [0.25, 0.3) is 150 Å². The van der Waals surface area contributed by atoms with Crippen LogP contribution in [0.15, 0.2) is 291 Å². The topological polar surface area (TPSA) is 64.4 Å². The van der Waals surface area contributed by atoms with Crippen LogP contribution in [0.4, 0.5) is 0 Å². The molecule has 0 amide bonds. The predicted molar refractivity (Wildman–Crippen MR) is 342 cm³/mol. The summed E-state index contributed by atoms with van der Waals surface area (Å²) in [6, 6.07) is 106. The summed E-state index contributed by atoms with van der Waals surface area (Å²) in [6.45, 7) is 0. The predicted octanol–water partition coefficient (Wildman–Crippen LogP) is 19.6. The monoisotopic (exact) mass is 1060 g/mol. The van der Waals surface area contributed by atoms with Gasteiger partial charge >= 0.3 is 0 Å². The molecule has 0 N–H and O–H groups in total. The molecule has 0 saturated carbocycles. The average molecular weight is 1060 g/mol. The molecule has 0 unspecified atom stereocenters. The maximum Gasteiger partial charge on any atom is 0.160 e. The first-order valence-electron chi connectivity index (χ1n) is 28.0. The van der Waals surface area contributed by atoms with Gasteiger partial charge in [0.1, 0.15) is 0 Å². The van der Waals surface area contributed by atoms with E-state index in [0.717, 1.165) is 122 Å². The lowest BCUT2D eigenvalue weighted by atomic mass is 9.91. The zero-order chi connectivity index (χ0) is 55.0. The molecule has 16 aromatic rings. The highest BCUT2D eigenvalue weighted by Crippen LogP contribution is 2.46. The van der Waals surface area contributed by atoms with Gasteiger partial charge in [0.2, 0.25) is 0 Å². The summed E-state index contributed by atoms with van der Waals surface area (Å²) in [5, 5.41) is 16.8. The van der Waals surface area contributed by atoms with Gasteiger partial charge in [0.05, 0.1) is 61.8 Å². The highest BCUT2D eigenvalue weighted by molar-refractivity contribution is 6.13. The zero-order valence-corrected chi connectivity index (χ0v) is 44.9. The van der Waals surface area contributed by atoms with Gasteiger partial charge in [0.25, 0.3) is 0 Å². The van der Waals surface area contributed by atoms with Crippen molar-refractivity contribution in [3.63, 3.8) is 0 Å². The molecule has 4 aromatic heterocycles. The van der Waals surface area contributed by atoms with Crippen molar-refractivity contribution in [2.75, 3.05) is 0 Å². The average Bonchev–Trinajstić information content (AvgIpc) is 3.62. The fourth-order valence-electron chi connectivity index (χ4n) is 12.7. The first kappa shape index (κ1) is 47.6. The SMILES string of the molecule is N#Cc1ccc(-c2ccc3c(c2)c2ccccc2n3-c2c(-c3cccc(-n4c5ccccc5c5ccccc54)c3)cc(-c3cc(-c4ccccc4)nc(-c4ccccc4)n3)cc2-c2cccc(-n3c4ccccc4c4ccccc43)c2)cc1. The summed E-state index contributed by atoms with van der Waals surface area (Å²) in [5.74, 6) is 0.649. The second kappa shape index (κ2) is 19.5. The Morgan fingerprint density at radius 2 is 0.663 bits per heavy atom. The Morgan fingerprint density at radius 3 is 1.16 bits per heavy atom. The van der Waals surface area contributed by atoms with E-state index >= 15 is 0 Å². The van der Waals surface area contributed by atoms with Crippen LogP contribution in [0.3, 0.4) is 0 Å². The van der Waals surface area contributed by atoms with Crippen LogP contribution >= 0.6 is 0 Å². The molecule has 0 atom stereocenters. The second-order valence-electron chi connectivity index (χ2n) is 21.2. The minimum Gasteiger partial charge on any atom is -0.309 e. The normalized spacial score (nSPS) is 11.6. The molecule has 0 spiro atoms. The molecule has 0 aliphatic heterocycles. The number of hydrogen-bond acceptors (Lipinski definition) is 3. The van der Waals surface area contributed by atoms with Gasteiger partial charge in [-0.2, -0.15) is 5.26 Å². The van der Waals surface area contributed by atoms with Gasteiger partial charge in [0.15, 0.2) is 5.82 Å². The van der Waals surface area contributed by atoms with Crippen LogP contribution in [0.2, 0.25) is 0 Å². The fourth-order valence-corrected chi connectivity index (χ4v) is 12.7. The lowest BCUT2D eigenvalue weighted by Crippen LogP contribution is -2.04. The van der Waals surface area contributed by atoms with E-state index in [1.807, 2.05) is 48.5 Å². The Hall–Kier alpha value is -11.4. The Kier molecular flexibility index (Phi) is 11.2. The highest BCUT2D eigenvalue weighted by Gasteiger charge is 2.25. The van der Waals surface area contributed by atoms with Gasteiger partial charge in [-0.25, -0.2) is 9.97 Å². The summed E-state index contributed by atoms with van der Waals surface area (Å²) in [4.78, 5) is 10.8. The maximum absolute atomic E-state index is 9.71. The van der Waals surface area contributed by atoms with E-state index in [4.69, 9.17) is 9.97 Å². The Bertz CT molecular complexity index is 4930. The minimum absolute atomic E-state index is 0.633. The second-order valence-corrected chi connectivity index (χ2v) is 21.2. The van der Waals surface area contributed by atoms with Gasteiger partial charge < -0.3 is 13.7 Å². The largest absolute Gasteiger partial charge is 0.309 e. The van der Waals surface area contributed by atoms with E-state index in [1.54, 1.807) is 0 Å². The van der Waals surface area contributed by atoms with E-state index in [1.165, 1.54) is 21.5 Å². The van der Waals surface area contributed by atoms with Crippen LogP contribution < -0.4 is 0 Å². The molecule has 0 radical (unpaired) electrons. The lowest BCUT2D eigenvalue weighted by Gasteiger charge is -2.22. The molecule has 0 saturated heterocycles. The molecule has 6 heteroatoms. The fraction of sp³-hybridized carbons (Fsp3) is 0. The quantitative estimate of drug-likeness (QED) is 0.145. The Labute approximate surface area is 478 Å². The van der Waals surface area contributed by atoms with Gasteiger partial charge in [-0.05, 0) is 119 Å². The maximum atomic E-state index is 9.71. The summed E-state index contributed by atoms with van der Waals surface area (Å²) in [7, 11) is 0. The Morgan fingerprint density at radius 1 is 0.265 bits per heavy atom. The first-order chi connectivity index (χ1) is 41.1. The van der Waals surface area contributed by atoms with E-state index in [2.05, 4.69) is 262 Å². The van der Waals surface area contributed by atoms with Crippen molar-refractivity contribution in [2.24, 2.45) is 0 Å². The van der Waals surface area contributed by atoms with Crippen molar-refractivity contribution >= 4 is 65.4 Å². The van der Waals surface area contributed by atoms with Gasteiger partial charge in [0, 0.05) is 71.5 Å². The van der Waals surface area contributed by atoms with Gasteiger partial charge in [-0.1, -0.05) is 194 Å². The molecule has 0 aliphatic carbocycles. The number of fused-ring (bicyclic) bond motifs is 9. The van der Waals surface area contributed by atoms with Gasteiger partial charge in [-0.3, -0.25) is 0 Å². The molecule has 6 nitrogen and oxygen atoms in total. The summed E-state index contributed by atoms with van der Waals surface area (Å²) in [5.41, 5.74) is 21.3. The number of nitrogens with zero attached hydrogens (tertiary/aromatic N) is 6. The summed E-state index contributed by atoms with van der Waals surface area (Å²) < 4.78 is 7.30. The Balaban J connectivity index is 1.03. The highest BCUT2D eigenvalue weighted by atomic mass is 15.0. The lowest BCUT2D eigenvalue weighted by molar-refractivity contribution is 1.16. The van der Waals surface area contributed by atoms with E-state index in [-0.39, 0.29) is 0 Å². The number of nitriles is 1. The number of para-hydroxylation sites is 5. The van der Waals surface area contributed by atoms with Crippen molar-refractivity contribution in [1.82, 2.24) is 23.7 Å². The molecule has 83 heavy (non-hydrogen) atoms. The number of hydrogen-bond donors (Lipinski definition) is 0. The third kappa shape index (κ3) is 7.94. The molecule has 0 bridgehead atoms. The van der Waals surface area contributed by atoms with E-state index in [0.29, 0.717) is 11.4 Å². The molecular formula is C77H48N6. The smallest absolute Gasteiger partial charge is 0.160 e. The zero-order valence-electron chi connectivity index (χ0n) is 44.9. The molecule has 0 aliphatic rings. The van der Waals surface area contributed by atoms with E-state index in [9.17, 15) is 5.26 Å². The van der Waals surface area contributed by atoms with Crippen molar-refractivity contribution < 1.29 is 0 Å². The number of rotatable bonds is 9. The van der Waals surface area contributed by atoms with Crippen molar-refractivity contribution in [1.29, 1.82) is 5.26 Å². The van der Waals surface area contributed by atoms with Crippen LogP contribution in [-0.4, -0.2) is 23.7 Å². The molecule has 0 fully saturated rings. The molecular weight excluding hydrogens is 1010 g/mol. The molecule has 12 aromatic carbocycles. The van der Waals surface area contributed by atoms with Crippen LogP contribution in [0, 0.1) is 11.3 Å². The minimum atomic E-state index is 0.633. The third-order valence-electron chi connectivity index (χ3n) is 16.5.